The molecule has 0 aliphatic rings. The third-order valence-corrected chi connectivity index (χ3v) is 2.25. The highest BCUT2D eigenvalue weighted by Crippen LogP contribution is 2.29. The maximum Gasteiger partial charge on any atom is 0.416 e. The zero-order valence-electron chi connectivity index (χ0n) is 10.7. The lowest BCUT2D eigenvalue weighted by Crippen LogP contribution is -2.07. The van der Waals surface area contributed by atoms with Crippen LogP contribution in [0.3, 0.4) is 0 Å². The van der Waals surface area contributed by atoms with E-state index in [9.17, 15) is 13.2 Å². The van der Waals surface area contributed by atoms with Crippen molar-refractivity contribution in [2.45, 2.75) is 19.0 Å². The van der Waals surface area contributed by atoms with Crippen LogP contribution in [0.1, 0.15) is 17.5 Å². The largest absolute Gasteiger partial charge is 0.416 e. The first-order valence-corrected chi connectivity index (χ1v) is 5.83. The van der Waals surface area contributed by atoms with Crippen LogP contribution in [0.15, 0.2) is 29.4 Å². The first-order valence-electron chi connectivity index (χ1n) is 5.83. The second kappa shape index (κ2) is 7.91. The third kappa shape index (κ3) is 5.97. The van der Waals surface area contributed by atoms with Crippen molar-refractivity contribution in [2.24, 2.45) is 5.10 Å². The van der Waals surface area contributed by atoms with Crippen molar-refractivity contribution in [2.75, 3.05) is 6.54 Å². The van der Waals surface area contributed by atoms with Crippen LogP contribution < -0.4 is 5.43 Å². The highest BCUT2D eigenvalue weighted by molar-refractivity contribution is 5.61. The van der Waals surface area contributed by atoms with Crippen molar-refractivity contribution < 1.29 is 13.2 Å². The number of halogens is 3. The van der Waals surface area contributed by atoms with E-state index in [1.165, 1.54) is 12.3 Å². The van der Waals surface area contributed by atoms with Gasteiger partial charge in [0.2, 0.25) is 0 Å². The number of terminal acetylenes is 1. The van der Waals surface area contributed by atoms with E-state index in [1.807, 2.05) is 0 Å². The molecule has 1 N–H and O–H groups in total. The van der Waals surface area contributed by atoms with E-state index in [1.54, 1.807) is 6.07 Å². The van der Waals surface area contributed by atoms with Crippen LogP contribution in [0.4, 0.5) is 13.2 Å². The Morgan fingerprint density at radius 2 is 2.10 bits per heavy atom. The number of hydrogen-bond acceptors (Lipinski definition) is 2. The molecule has 104 valence electrons. The van der Waals surface area contributed by atoms with E-state index in [0.717, 1.165) is 12.1 Å². The van der Waals surface area contributed by atoms with E-state index in [0.29, 0.717) is 24.9 Å². The molecule has 0 atom stereocenters. The summed E-state index contributed by atoms with van der Waals surface area (Å²) in [6.07, 6.45) is 2.89. The van der Waals surface area contributed by atoms with Crippen LogP contribution >= 0.6 is 0 Å². The monoisotopic (exact) mass is 278 g/mol. The first kappa shape index (κ1) is 15.7. The number of hydrazone groups is 1. The fourth-order valence-corrected chi connectivity index (χ4v) is 1.35. The van der Waals surface area contributed by atoms with Gasteiger partial charge in [0.15, 0.2) is 0 Å². The molecule has 1 rings (SSSR count). The van der Waals surface area contributed by atoms with Crippen molar-refractivity contribution in [3.63, 3.8) is 0 Å². The number of alkyl halides is 3. The zero-order chi connectivity index (χ0) is 14.8. The van der Waals surface area contributed by atoms with E-state index in [4.69, 9.17) is 6.42 Å². The third-order valence-electron chi connectivity index (χ3n) is 2.25. The molecule has 1 aromatic carbocycles. The lowest BCUT2D eigenvalue weighted by molar-refractivity contribution is -0.137. The van der Waals surface area contributed by atoms with Gasteiger partial charge in [0.25, 0.3) is 0 Å². The molecule has 0 aliphatic heterocycles. The Morgan fingerprint density at radius 3 is 2.80 bits per heavy atom. The van der Waals surface area contributed by atoms with E-state index < -0.39 is 11.7 Å². The second-order valence-electron chi connectivity index (χ2n) is 3.78. The molecule has 0 saturated heterocycles. The smallest absolute Gasteiger partial charge is 0.298 e. The Bertz CT molecular complexity index is 557. The summed E-state index contributed by atoms with van der Waals surface area (Å²) < 4.78 is 37.4. The van der Waals surface area contributed by atoms with Gasteiger partial charge in [-0.2, -0.15) is 18.3 Å². The Hall–Kier alpha value is -2.40. The lowest BCUT2D eigenvalue weighted by Gasteiger charge is -2.07. The minimum absolute atomic E-state index is 0.314. The molecule has 0 spiro atoms. The van der Waals surface area contributed by atoms with E-state index in [-0.39, 0.29) is 0 Å². The Kier molecular flexibility index (Phi) is 6.19. The van der Waals surface area contributed by atoms with Gasteiger partial charge in [0.05, 0.1) is 18.5 Å². The first-order chi connectivity index (χ1) is 9.54. The van der Waals surface area contributed by atoms with Crippen LogP contribution in [0.25, 0.3) is 0 Å². The summed E-state index contributed by atoms with van der Waals surface area (Å²) in [7, 11) is 0. The molecule has 0 aromatic heterocycles. The van der Waals surface area contributed by atoms with Gasteiger partial charge in [-0.3, -0.25) is 5.43 Å². The number of hydrogen-bond donors (Lipinski definition) is 1. The standard InChI is InChI=1S/C15H13F3N2/c1-2-3-4-5-10-19-20-11-9-13-7-6-8-14(12-13)15(16,17)18/h1,6-8,11-12,19H,3,9-10H2/b20-11+. The molecule has 0 fully saturated rings. The van der Waals surface area contributed by atoms with E-state index >= 15 is 0 Å². The minimum atomic E-state index is -4.32. The van der Waals surface area contributed by atoms with Crippen LogP contribution in [0.2, 0.25) is 0 Å². The molecule has 0 amide bonds. The molecular formula is C15H13F3N2. The highest BCUT2D eigenvalue weighted by atomic mass is 19.4. The summed E-state index contributed by atoms with van der Waals surface area (Å²) in [6, 6.07) is 5.15. The maximum absolute atomic E-state index is 12.5. The predicted molar refractivity (Wildman–Crippen MR) is 72.9 cm³/mol. The SMILES string of the molecule is C#CCC#CCN/N=C/Cc1cccc(C(F)(F)F)c1. The van der Waals surface area contributed by atoms with Crippen LogP contribution in [-0.2, 0) is 12.6 Å². The predicted octanol–water partition coefficient (Wildman–Crippen LogP) is 2.85. The summed E-state index contributed by atoms with van der Waals surface area (Å²) >= 11 is 0. The molecule has 2 nitrogen and oxygen atoms in total. The molecule has 0 unspecified atom stereocenters. The summed E-state index contributed by atoms with van der Waals surface area (Å²) in [6.45, 7) is 0.348. The van der Waals surface area contributed by atoms with Gasteiger partial charge >= 0.3 is 6.18 Å². The molecular weight excluding hydrogens is 265 g/mol. The summed E-state index contributed by atoms with van der Waals surface area (Å²) in [5, 5.41) is 3.85. The normalized spacial score (nSPS) is 10.7. The molecule has 0 aliphatic carbocycles. The van der Waals surface area contributed by atoms with Gasteiger partial charge in [0, 0.05) is 12.6 Å². The Balaban J connectivity index is 2.43. The van der Waals surface area contributed by atoms with Gasteiger partial charge in [0.1, 0.15) is 0 Å². The highest BCUT2D eigenvalue weighted by Gasteiger charge is 2.30. The molecule has 0 radical (unpaired) electrons. The summed E-state index contributed by atoms with van der Waals surface area (Å²) in [4.78, 5) is 0. The number of rotatable bonds is 4. The molecule has 1 aromatic rings. The van der Waals surface area contributed by atoms with Crippen molar-refractivity contribution in [3.05, 3.63) is 35.4 Å². The number of nitrogens with one attached hydrogen (secondary N) is 1. The minimum Gasteiger partial charge on any atom is -0.298 e. The van der Waals surface area contributed by atoms with Crippen molar-refractivity contribution in [1.82, 2.24) is 5.43 Å². The molecule has 20 heavy (non-hydrogen) atoms. The number of nitrogens with zero attached hydrogens (tertiary/aromatic N) is 1. The van der Waals surface area contributed by atoms with Crippen LogP contribution in [0.5, 0.6) is 0 Å². The zero-order valence-corrected chi connectivity index (χ0v) is 10.7. The fraction of sp³-hybridized carbons (Fsp3) is 0.267. The maximum atomic E-state index is 12.5. The molecule has 0 saturated carbocycles. The quantitative estimate of drug-likeness (QED) is 0.389. The molecule has 0 heterocycles. The van der Waals surface area contributed by atoms with Crippen LogP contribution in [-0.4, -0.2) is 12.8 Å². The molecule has 5 heteroatoms. The summed E-state index contributed by atoms with van der Waals surface area (Å²) in [5.74, 6) is 7.85. The van der Waals surface area contributed by atoms with Crippen molar-refractivity contribution in [3.8, 4) is 24.2 Å². The average Bonchev–Trinajstić information content (AvgIpc) is 2.41. The van der Waals surface area contributed by atoms with Gasteiger partial charge in [-0.15, -0.1) is 6.42 Å². The number of benzene rings is 1. The van der Waals surface area contributed by atoms with Crippen LogP contribution in [0, 0.1) is 24.2 Å². The van der Waals surface area contributed by atoms with Crippen molar-refractivity contribution >= 4 is 6.21 Å². The second-order valence-corrected chi connectivity index (χ2v) is 3.78. The Labute approximate surface area is 116 Å². The lowest BCUT2D eigenvalue weighted by atomic mass is 10.1. The van der Waals surface area contributed by atoms with Gasteiger partial charge in [-0.25, -0.2) is 0 Å². The van der Waals surface area contributed by atoms with E-state index in [2.05, 4.69) is 28.3 Å². The van der Waals surface area contributed by atoms with Crippen molar-refractivity contribution in [1.29, 1.82) is 0 Å². The van der Waals surface area contributed by atoms with Gasteiger partial charge < -0.3 is 0 Å². The Morgan fingerprint density at radius 1 is 1.30 bits per heavy atom. The fourth-order valence-electron chi connectivity index (χ4n) is 1.35. The topological polar surface area (TPSA) is 24.4 Å². The average molecular weight is 278 g/mol. The van der Waals surface area contributed by atoms with Gasteiger partial charge in [-0.1, -0.05) is 36.0 Å². The molecule has 0 bridgehead atoms. The van der Waals surface area contributed by atoms with Gasteiger partial charge in [-0.05, 0) is 11.6 Å². The summed E-state index contributed by atoms with van der Waals surface area (Å²) in [5.41, 5.74) is 2.55.